The molecule has 1 aromatic heterocycles. The number of hydrogen-bond donors (Lipinski definition) is 0. The molecule has 0 spiro atoms. The Morgan fingerprint density at radius 1 is 1.41 bits per heavy atom. The molecule has 84 valence electrons. The van der Waals surface area contributed by atoms with E-state index >= 15 is 0 Å². The number of pyridine rings is 1. The van der Waals surface area contributed by atoms with E-state index in [0.717, 1.165) is 16.5 Å². The molecule has 0 aliphatic heterocycles. The van der Waals surface area contributed by atoms with Gasteiger partial charge in [-0.25, -0.2) is 0 Å². The monoisotopic (exact) mass is 225 g/mol. The lowest BCUT2D eigenvalue weighted by atomic mass is 9.98. The number of aromatic nitrogens is 1. The van der Waals surface area contributed by atoms with Gasteiger partial charge in [0.1, 0.15) is 0 Å². The van der Waals surface area contributed by atoms with Gasteiger partial charge < -0.3 is 9.90 Å². The first-order valence-electron chi connectivity index (χ1n) is 5.15. The minimum Gasteiger partial charge on any atom is -0.549 e. The molecule has 0 aliphatic carbocycles. The Morgan fingerprint density at radius 3 is 2.88 bits per heavy atom. The highest BCUT2D eigenvalue weighted by Gasteiger charge is 2.11. The highest BCUT2D eigenvalue weighted by atomic mass is 16.4. The van der Waals surface area contributed by atoms with Gasteiger partial charge in [0.05, 0.1) is 23.5 Å². The number of carbonyl (C=O) groups is 1. The zero-order chi connectivity index (χ0) is 12.3. The topological polar surface area (TPSA) is 76.8 Å². The molecule has 0 saturated carbocycles. The Morgan fingerprint density at radius 2 is 2.18 bits per heavy atom. The smallest absolute Gasteiger partial charge is 0.0898 e. The van der Waals surface area contributed by atoms with Crippen molar-refractivity contribution in [3.63, 3.8) is 0 Å². The van der Waals surface area contributed by atoms with Gasteiger partial charge in [0.15, 0.2) is 0 Å². The first-order chi connectivity index (χ1) is 8.22. The van der Waals surface area contributed by atoms with Crippen LogP contribution in [-0.4, -0.2) is 11.0 Å². The van der Waals surface area contributed by atoms with Crippen molar-refractivity contribution in [1.29, 1.82) is 5.26 Å². The molecule has 1 unspecified atom stereocenters. The molecular weight excluding hydrogens is 216 g/mol. The standard InChI is InChI=1S/C13H10N2O2/c14-8-10(13(16)17)7-9-5-6-15-12-4-2-1-3-11(9)12/h1-6,10H,7H2,(H,16,17)/p-1. The van der Waals surface area contributed by atoms with Crippen LogP contribution in [-0.2, 0) is 11.2 Å². The number of carboxylic acid groups (broad SMARTS) is 1. The second-order valence-electron chi connectivity index (χ2n) is 3.69. The van der Waals surface area contributed by atoms with Crippen LogP contribution in [0.4, 0.5) is 0 Å². The molecule has 0 radical (unpaired) electrons. The van der Waals surface area contributed by atoms with Crippen molar-refractivity contribution < 1.29 is 9.90 Å². The third-order valence-electron chi connectivity index (χ3n) is 2.60. The van der Waals surface area contributed by atoms with Gasteiger partial charge in [0, 0.05) is 11.6 Å². The number of fused-ring (bicyclic) bond motifs is 1. The maximum atomic E-state index is 10.7. The highest BCUT2D eigenvalue weighted by Crippen LogP contribution is 2.19. The average molecular weight is 225 g/mol. The minimum atomic E-state index is -1.34. The Balaban J connectivity index is 2.43. The molecule has 4 heteroatoms. The predicted octanol–water partition coefficient (Wildman–Crippen LogP) is 0.667. The number of rotatable bonds is 3. The minimum absolute atomic E-state index is 0.141. The molecule has 0 amide bonds. The maximum Gasteiger partial charge on any atom is 0.0898 e. The lowest BCUT2D eigenvalue weighted by Gasteiger charge is -2.11. The van der Waals surface area contributed by atoms with E-state index in [-0.39, 0.29) is 6.42 Å². The van der Waals surface area contributed by atoms with Crippen LogP contribution in [0.2, 0.25) is 0 Å². The predicted molar refractivity (Wildman–Crippen MR) is 59.6 cm³/mol. The van der Waals surface area contributed by atoms with Gasteiger partial charge in [-0.15, -0.1) is 0 Å². The van der Waals surface area contributed by atoms with Crippen molar-refractivity contribution in [3.05, 3.63) is 42.1 Å². The third-order valence-corrected chi connectivity index (χ3v) is 2.60. The summed E-state index contributed by atoms with van der Waals surface area (Å²) in [6.45, 7) is 0. The molecule has 1 heterocycles. The van der Waals surface area contributed by atoms with Crippen molar-refractivity contribution >= 4 is 16.9 Å². The summed E-state index contributed by atoms with van der Waals surface area (Å²) in [6.07, 6.45) is 1.75. The van der Waals surface area contributed by atoms with E-state index in [1.807, 2.05) is 24.3 Å². The summed E-state index contributed by atoms with van der Waals surface area (Å²) in [4.78, 5) is 14.9. The molecule has 4 nitrogen and oxygen atoms in total. The molecular formula is C13H9N2O2-. The Bertz CT molecular complexity index is 596. The van der Waals surface area contributed by atoms with Gasteiger partial charge in [0.25, 0.3) is 0 Å². The van der Waals surface area contributed by atoms with Crippen LogP contribution in [0.5, 0.6) is 0 Å². The van der Waals surface area contributed by atoms with Gasteiger partial charge in [-0.3, -0.25) is 4.98 Å². The van der Waals surface area contributed by atoms with Crippen molar-refractivity contribution in [2.45, 2.75) is 6.42 Å². The van der Waals surface area contributed by atoms with Gasteiger partial charge in [-0.05, 0) is 24.1 Å². The Kier molecular flexibility index (Phi) is 3.01. The number of aliphatic carboxylic acids is 1. The van der Waals surface area contributed by atoms with E-state index in [1.54, 1.807) is 18.3 Å². The van der Waals surface area contributed by atoms with E-state index in [4.69, 9.17) is 5.26 Å². The zero-order valence-electron chi connectivity index (χ0n) is 8.96. The lowest BCUT2D eigenvalue weighted by Crippen LogP contribution is -2.31. The van der Waals surface area contributed by atoms with Gasteiger partial charge in [-0.1, -0.05) is 18.2 Å². The zero-order valence-corrected chi connectivity index (χ0v) is 8.96. The largest absolute Gasteiger partial charge is 0.549 e. The summed E-state index contributed by atoms with van der Waals surface area (Å²) in [5.41, 5.74) is 1.59. The van der Waals surface area contributed by atoms with Gasteiger partial charge in [-0.2, -0.15) is 5.26 Å². The first kappa shape index (κ1) is 11.1. The van der Waals surface area contributed by atoms with E-state index in [9.17, 15) is 9.90 Å². The van der Waals surface area contributed by atoms with E-state index in [1.165, 1.54) is 0 Å². The SMILES string of the molecule is N#CC(Cc1ccnc2ccccc12)C(=O)[O-]. The van der Waals surface area contributed by atoms with Crippen molar-refractivity contribution in [3.8, 4) is 6.07 Å². The maximum absolute atomic E-state index is 10.7. The fourth-order valence-electron chi connectivity index (χ4n) is 1.73. The third kappa shape index (κ3) is 2.23. The quantitative estimate of drug-likeness (QED) is 0.769. The van der Waals surface area contributed by atoms with Crippen molar-refractivity contribution in [2.24, 2.45) is 5.92 Å². The fourth-order valence-corrected chi connectivity index (χ4v) is 1.73. The lowest BCUT2D eigenvalue weighted by molar-refractivity contribution is -0.309. The van der Waals surface area contributed by atoms with Gasteiger partial charge >= 0.3 is 0 Å². The fraction of sp³-hybridized carbons (Fsp3) is 0.154. The van der Waals surface area contributed by atoms with Crippen molar-refractivity contribution in [1.82, 2.24) is 4.98 Å². The highest BCUT2D eigenvalue weighted by molar-refractivity contribution is 5.82. The average Bonchev–Trinajstić information content (AvgIpc) is 2.35. The second-order valence-corrected chi connectivity index (χ2v) is 3.69. The van der Waals surface area contributed by atoms with E-state index in [0.29, 0.717) is 0 Å². The number of para-hydroxylation sites is 1. The molecule has 1 atom stereocenters. The van der Waals surface area contributed by atoms with Crippen LogP contribution in [0.15, 0.2) is 36.5 Å². The second kappa shape index (κ2) is 4.62. The molecule has 2 aromatic rings. The van der Waals surface area contributed by atoms with E-state index in [2.05, 4.69) is 4.98 Å². The molecule has 1 aromatic carbocycles. The summed E-state index contributed by atoms with van der Waals surface area (Å²) < 4.78 is 0. The normalized spacial score (nSPS) is 11.9. The molecule has 0 bridgehead atoms. The van der Waals surface area contributed by atoms with Crippen LogP contribution in [0.1, 0.15) is 5.56 Å². The summed E-state index contributed by atoms with van der Waals surface area (Å²) in [7, 11) is 0. The summed E-state index contributed by atoms with van der Waals surface area (Å²) in [6, 6.07) is 10.9. The van der Waals surface area contributed by atoms with E-state index < -0.39 is 11.9 Å². The van der Waals surface area contributed by atoms with Crippen LogP contribution in [0.25, 0.3) is 10.9 Å². The number of nitrogens with zero attached hydrogens (tertiary/aromatic N) is 2. The van der Waals surface area contributed by atoms with Crippen LogP contribution in [0, 0.1) is 17.2 Å². The molecule has 0 N–H and O–H groups in total. The molecule has 0 aliphatic rings. The first-order valence-corrected chi connectivity index (χ1v) is 5.15. The Labute approximate surface area is 98.1 Å². The van der Waals surface area contributed by atoms with Crippen LogP contribution >= 0.6 is 0 Å². The number of carboxylic acids is 1. The Hall–Kier alpha value is -2.41. The number of nitriles is 1. The molecule has 0 saturated heterocycles. The van der Waals surface area contributed by atoms with Crippen LogP contribution < -0.4 is 5.11 Å². The number of carbonyl (C=O) groups excluding carboxylic acids is 1. The van der Waals surface area contributed by atoms with Crippen molar-refractivity contribution in [2.75, 3.05) is 0 Å². The summed E-state index contributed by atoms with van der Waals surface area (Å²) in [5, 5.41) is 20.3. The summed E-state index contributed by atoms with van der Waals surface area (Å²) in [5.74, 6) is -2.46. The van der Waals surface area contributed by atoms with Gasteiger partial charge in [0.2, 0.25) is 0 Å². The molecule has 2 rings (SSSR count). The number of benzene rings is 1. The summed E-state index contributed by atoms with van der Waals surface area (Å²) >= 11 is 0. The molecule has 17 heavy (non-hydrogen) atoms. The molecule has 0 fully saturated rings. The van der Waals surface area contributed by atoms with Crippen LogP contribution in [0.3, 0.4) is 0 Å². The number of hydrogen-bond acceptors (Lipinski definition) is 4.